The number of hydrogen-bond donors (Lipinski definition) is 1. The van der Waals surface area contributed by atoms with Gasteiger partial charge in [-0.1, -0.05) is 24.3 Å². The number of piperidine rings is 1. The zero-order chi connectivity index (χ0) is 23.4. The third-order valence-electron chi connectivity index (χ3n) is 5.94. The van der Waals surface area contributed by atoms with Crippen LogP contribution in [0.25, 0.3) is 10.8 Å². The SMILES string of the molecule is CCOC(=O)N1CCC(n2ccc3c(NC(=O)Cc4ccccc4F)cccc3c2=O)CC1. The van der Waals surface area contributed by atoms with Gasteiger partial charge in [-0.25, -0.2) is 9.18 Å². The summed E-state index contributed by atoms with van der Waals surface area (Å²) in [6.07, 6.45) is 2.63. The van der Waals surface area contributed by atoms with Crippen LogP contribution in [0, 0.1) is 5.82 Å². The maximum Gasteiger partial charge on any atom is 0.409 e. The number of nitrogens with zero attached hydrogens (tertiary/aromatic N) is 2. The van der Waals surface area contributed by atoms with Crippen molar-refractivity contribution in [3.63, 3.8) is 0 Å². The first-order valence-electron chi connectivity index (χ1n) is 11.1. The Morgan fingerprint density at radius 2 is 1.82 bits per heavy atom. The molecule has 0 bridgehead atoms. The second-order valence-electron chi connectivity index (χ2n) is 8.03. The predicted molar refractivity (Wildman–Crippen MR) is 124 cm³/mol. The molecule has 0 unspecified atom stereocenters. The molecule has 2 heterocycles. The number of likely N-dealkylation sites (tertiary alicyclic amines) is 1. The molecule has 1 aliphatic heterocycles. The van der Waals surface area contributed by atoms with Crippen molar-refractivity contribution in [2.24, 2.45) is 0 Å². The van der Waals surface area contributed by atoms with E-state index in [-0.39, 0.29) is 30.0 Å². The summed E-state index contributed by atoms with van der Waals surface area (Å²) in [5, 5.41) is 3.93. The van der Waals surface area contributed by atoms with Crippen molar-refractivity contribution in [1.82, 2.24) is 9.47 Å². The molecule has 2 amide bonds. The third kappa shape index (κ3) is 4.89. The molecule has 0 spiro atoms. The van der Waals surface area contributed by atoms with Crippen LogP contribution in [0.2, 0.25) is 0 Å². The topological polar surface area (TPSA) is 80.6 Å². The molecule has 0 aliphatic carbocycles. The molecule has 1 aromatic heterocycles. The summed E-state index contributed by atoms with van der Waals surface area (Å²) >= 11 is 0. The van der Waals surface area contributed by atoms with Gasteiger partial charge in [0.2, 0.25) is 5.91 Å². The first-order chi connectivity index (χ1) is 16.0. The highest BCUT2D eigenvalue weighted by atomic mass is 19.1. The number of halogens is 1. The fourth-order valence-electron chi connectivity index (χ4n) is 4.24. The first-order valence-corrected chi connectivity index (χ1v) is 11.1. The summed E-state index contributed by atoms with van der Waals surface area (Å²) in [7, 11) is 0. The fourth-order valence-corrected chi connectivity index (χ4v) is 4.24. The number of amides is 2. The van der Waals surface area contributed by atoms with Gasteiger partial charge >= 0.3 is 6.09 Å². The highest BCUT2D eigenvalue weighted by Crippen LogP contribution is 2.25. The fraction of sp³-hybridized carbons (Fsp3) is 0.320. The number of aromatic nitrogens is 1. The van der Waals surface area contributed by atoms with Crippen LogP contribution < -0.4 is 10.9 Å². The van der Waals surface area contributed by atoms with Gasteiger partial charge in [0.05, 0.1) is 13.0 Å². The standard InChI is InChI=1S/C25H26FN3O4/c1-2-33-25(32)28-13-10-18(11-14-28)29-15-12-19-20(24(29)31)7-5-9-22(19)27-23(30)16-17-6-3-4-8-21(17)26/h3-9,12,15,18H,2,10-11,13-14,16H2,1H3,(H,27,30). The Hall–Kier alpha value is -3.68. The van der Waals surface area contributed by atoms with Gasteiger partial charge in [-0.3, -0.25) is 9.59 Å². The molecule has 0 radical (unpaired) electrons. The van der Waals surface area contributed by atoms with Crippen LogP contribution in [-0.2, 0) is 16.0 Å². The smallest absolute Gasteiger partial charge is 0.409 e. The van der Waals surface area contributed by atoms with Crippen molar-refractivity contribution >= 4 is 28.5 Å². The molecule has 0 atom stereocenters. The van der Waals surface area contributed by atoms with Crippen molar-refractivity contribution in [3.05, 3.63) is 76.5 Å². The molecule has 1 saturated heterocycles. The summed E-state index contributed by atoms with van der Waals surface area (Å²) in [6, 6.07) is 13.1. The van der Waals surface area contributed by atoms with Gasteiger partial charge in [-0.15, -0.1) is 0 Å². The van der Waals surface area contributed by atoms with Crippen molar-refractivity contribution in [2.75, 3.05) is 25.0 Å². The number of ether oxygens (including phenoxy) is 1. The number of carbonyl (C=O) groups is 2. The third-order valence-corrected chi connectivity index (χ3v) is 5.94. The maximum atomic E-state index is 13.9. The number of benzene rings is 2. The lowest BCUT2D eigenvalue weighted by atomic mass is 10.0. The molecule has 1 fully saturated rings. The Morgan fingerprint density at radius 1 is 1.06 bits per heavy atom. The molecule has 1 N–H and O–H groups in total. The largest absolute Gasteiger partial charge is 0.450 e. The zero-order valence-electron chi connectivity index (χ0n) is 18.4. The monoisotopic (exact) mass is 451 g/mol. The lowest BCUT2D eigenvalue weighted by Gasteiger charge is -2.32. The molecule has 2 aromatic carbocycles. The van der Waals surface area contributed by atoms with E-state index in [0.717, 1.165) is 0 Å². The lowest BCUT2D eigenvalue weighted by molar-refractivity contribution is -0.115. The van der Waals surface area contributed by atoms with Gasteiger partial charge in [0.15, 0.2) is 0 Å². The van der Waals surface area contributed by atoms with Crippen LogP contribution in [0.3, 0.4) is 0 Å². The summed E-state index contributed by atoms with van der Waals surface area (Å²) in [5.41, 5.74) is 0.675. The summed E-state index contributed by atoms with van der Waals surface area (Å²) in [5.74, 6) is -0.787. The van der Waals surface area contributed by atoms with Crippen LogP contribution in [0.1, 0.15) is 31.4 Å². The van der Waals surface area contributed by atoms with Crippen LogP contribution in [-0.4, -0.2) is 41.2 Å². The van der Waals surface area contributed by atoms with Crippen molar-refractivity contribution in [2.45, 2.75) is 32.2 Å². The van der Waals surface area contributed by atoms with Crippen LogP contribution >= 0.6 is 0 Å². The van der Waals surface area contributed by atoms with E-state index < -0.39 is 5.82 Å². The number of nitrogens with one attached hydrogen (secondary N) is 1. The molecule has 4 rings (SSSR count). The molecule has 1 aliphatic rings. The van der Waals surface area contributed by atoms with Gasteiger partial charge < -0.3 is 19.5 Å². The molecule has 8 heteroatoms. The summed E-state index contributed by atoms with van der Waals surface area (Å²) in [4.78, 5) is 39.3. The van der Waals surface area contributed by atoms with Crippen molar-refractivity contribution in [3.8, 4) is 0 Å². The molecule has 33 heavy (non-hydrogen) atoms. The minimum absolute atomic E-state index is 0.0214. The summed E-state index contributed by atoms with van der Waals surface area (Å²) in [6.45, 7) is 3.16. The highest BCUT2D eigenvalue weighted by molar-refractivity contribution is 6.02. The maximum absolute atomic E-state index is 13.9. The van der Waals surface area contributed by atoms with Crippen molar-refractivity contribution < 1.29 is 18.7 Å². The van der Waals surface area contributed by atoms with Crippen molar-refractivity contribution in [1.29, 1.82) is 0 Å². The van der Waals surface area contributed by atoms with E-state index in [0.29, 0.717) is 54.6 Å². The van der Waals surface area contributed by atoms with E-state index in [4.69, 9.17) is 4.74 Å². The van der Waals surface area contributed by atoms with Gasteiger partial charge in [0.1, 0.15) is 5.82 Å². The molecular weight excluding hydrogens is 425 g/mol. The van der Waals surface area contributed by atoms with Crippen LogP contribution in [0.15, 0.2) is 59.5 Å². The average Bonchev–Trinajstić information content (AvgIpc) is 2.81. The minimum Gasteiger partial charge on any atom is -0.450 e. The molecule has 3 aromatic rings. The van der Waals surface area contributed by atoms with E-state index in [9.17, 15) is 18.8 Å². The molecule has 0 saturated carbocycles. The second kappa shape index (κ2) is 9.85. The van der Waals surface area contributed by atoms with Crippen LogP contribution in [0.4, 0.5) is 14.9 Å². The Labute approximate surface area is 190 Å². The number of rotatable bonds is 5. The quantitative estimate of drug-likeness (QED) is 0.633. The van der Waals surface area contributed by atoms with E-state index in [1.54, 1.807) is 59.0 Å². The molecule has 7 nitrogen and oxygen atoms in total. The zero-order valence-corrected chi connectivity index (χ0v) is 18.4. The Morgan fingerprint density at radius 3 is 2.55 bits per heavy atom. The first kappa shape index (κ1) is 22.5. The molecular formula is C25H26FN3O4. The Bertz CT molecular complexity index is 1230. The number of carbonyl (C=O) groups excluding carboxylic acids is 2. The van der Waals surface area contributed by atoms with E-state index >= 15 is 0 Å². The average molecular weight is 451 g/mol. The molecule has 172 valence electrons. The second-order valence-corrected chi connectivity index (χ2v) is 8.03. The van der Waals surface area contributed by atoms with Gasteiger partial charge in [-0.05, 0) is 49.6 Å². The Balaban J connectivity index is 1.51. The Kier molecular flexibility index (Phi) is 6.72. The van der Waals surface area contributed by atoms with E-state index in [1.165, 1.54) is 6.07 Å². The van der Waals surface area contributed by atoms with Crippen LogP contribution in [0.5, 0.6) is 0 Å². The van der Waals surface area contributed by atoms with E-state index in [2.05, 4.69) is 5.32 Å². The van der Waals surface area contributed by atoms with Gasteiger partial charge in [-0.2, -0.15) is 0 Å². The lowest BCUT2D eigenvalue weighted by Crippen LogP contribution is -2.41. The van der Waals surface area contributed by atoms with Gasteiger partial charge in [0.25, 0.3) is 5.56 Å². The van der Waals surface area contributed by atoms with Gasteiger partial charge in [0, 0.05) is 41.8 Å². The predicted octanol–water partition coefficient (Wildman–Crippen LogP) is 4.12. The number of fused-ring (bicyclic) bond motifs is 1. The number of anilines is 1. The van der Waals surface area contributed by atoms with E-state index in [1.807, 2.05) is 6.07 Å². The minimum atomic E-state index is -0.428. The summed E-state index contributed by atoms with van der Waals surface area (Å²) < 4.78 is 20.6. The normalized spacial score (nSPS) is 14.3. The number of pyridine rings is 1. The highest BCUT2D eigenvalue weighted by Gasteiger charge is 2.25. The number of hydrogen-bond acceptors (Lipinski definition) is 4.